The quantitative estimate of drug-likeness (QED) is 0.337. The molecule has 0 saturated heterocycles. The summed E-state index contributed by atoms with van der Waals surface area (Å²) in [7, 11) is 1.24. The van der Waals surface area contributed by atoms with Gasteiger partial charge in [0, 0.05) is 16.1 Å². The molecule has 0 aliphatic carbocycles. The number of hydrogen-bond donors (Lipinski definition) is 0. The summed E-state index contributed by atoms with van der Waals surface area (Å²) in [5.74, 6) is 0.840. The minimum Gasteiger partial charge on any atom is -0.127 e. The van der Waals surface area contributed by atoms with E-state index in [4.69, 9.17) is 11.6 Å². The fourth-order valence-electron chi connectivity index (χ4n) is 0. The van der Waals surface area contributed by atoms with Crippen molar-refractivity contribution < 1.29 is 0 Å². The van der Waals surface area contributed by atoms with Crippen LogP contribution < -0.4 is 0 Å². The van der Waals surface area contributed by atoms with Crippen molar-refractivity contribution in [3.05, 3.63) is 0 Å². The molecule has 5 heavy (non-hydrogen) atoms. The van der Waals surface area contributed by atoms with Gasteiger partial charge in [-0.3, -0.25) is 0 Å². The molecule has 0 spiro atoms. The lowest BCUT2D eigenvalue weighted by molar-refractivity contribution is 1.09. The number of rotatable bonds is 1. The molecule has 1 unspecified atom stereocenters. The molecule has 0 aliphatic rings. The van der Waals surface area contributed by atoms with E-state index < -0.39 is 0 Å². The Labute approximate surface area is 40.9 Å². The van der Waals surface area contributed by atoms with E-state index in [0.29, 0.717) is 0 Å². The molecule has 0 rings (SSSR count). The van der Waals surface area contributed by atoms with Gasteiger partial charge in [-0.05, 0) is 5.54 Å². The zero-order valence-corrected chi connectivity index (χ0v) is 6.42. The van der Waals surface area contributed by atoms with Gasteiger partial charge >= 0.3 is 0 Å². The fraction of sp³-hybridized carbons (Fsp3) is 1.00. The van der Waals surface area contributed by atoms with E-state index in [1.54, 1.807) is 0 Å². The van der Waals surface area contributed by atoms with E-state index in [1.807, 2.05) is 0 Å². The van der Waals surface area contributed by atoms with Crippen LogP contribution >= 0.6 is 11.6 Å². The second kappa shape index (κ2) is 2.73. The lowest BCUT2D eigenvalue weighted by Crippen LogP contribution is -1.82. The molecule has 0 aromatic heterocycles. The van der Waals surface area contributed by atoms with Crippen LogP contribution in [0.3, 0.4) is 0 Å². The molecule has 0 heterocycles. The molecule has 0 bridgehead atoms. The van der Waals surface area contributed by atoms with E-state index in [-0.39, 0.29) is 0 Å². The van der Waals surface area contributed by atoms with Gasteiger partial charge in [0.05, 0.1) is 0 Å². The van der Waals surface area contributed by atoms with Gasteiger partial charge in [-0.2, -0.15) is 0 Å². The molecular weight excluding hydrogens is 99.6 g/mol. The van der Waals surface area contributed by atoms with Crippen LogP contribution in [0.15, 0.2) is 0 Å². The minimum atomic E-state index is 0.789. The van der Waals surface area contributed by atoms with Gasteiger partial charge in [-0.25, -0.2) is 0 Å². The third kappa shape index (κ3) is 4.51. The molecule has 0 aliphatic heterocycles. The lowest BCUT2D eigenvalue weighted by Gasteiger charge is -1.88. The van der Waals surface area contributed by atoms with Crippen LogP contribution in [0, 0.1) is 0 Å². The lowest BCUT2D eigenvalue weighted by atomic mass is 10.6. The minimum absolute atomic E-state index is 0.789. The smallest absolute Gasteiger partial charge is 0.0217 e. The molecule has 0 aromatic carbocycles. The van der Waals surface area contributed by atoms with Crippen LogP contribution in [-0.4, -0.2) is 16.1 Å². The normalized spacial score (nSPS) is 15.6. The molecule has 0 saturated carbocycles. The van der Waals surface area contributed by atoms with Gasteiger partial charge in [0.2, 0.25) is 0 Å². The van der Waals surface area contributed by atoms with Crippen LogP contribution in [0.2, 0.25) is 5.54 Å². The monoisotopic (exact) mass is 108 g/mol. The first-order valence-corrected chi connectivity index (χ1v) is 3.52. The van der Waals surface area contributed by atoms with Gasteiger partial charge in [-0.1, -0.05) is 6.92 Å². The van der Waals surface area contributed by atoms with E-state index >= 15 is 0 Å². The van der Waals surface area contributed by atoms with Crippen LogP contribution in [0.1, 0.15) is 6.92 Å². The molecule has 0 radical (unpaired) electrons. The zero-order chi connectivity index (χ0) is 4.28. The molecule has 32 valence electrons. The largest absolute Gasteiger partial charge is 0.127 e. The maximum Gasteiger partial charge on any atom is 0.0217 e. The summed E-state index contributed by atoms with van der Waals surface area (Å²) in [5, 5.41) is 0. The van der Waals surface area contributed by atoms with E-state index in [9.17, 15) is 0 Å². The van der Waals surface area contributed by atoms with Crippen molar-refractivity contribution in [3.63, 3.8) is 0 Å². The van der Waals surface area contributed by atoms with Crippen LogP contribution in [0.25, 0.3) is 0 Å². The molecule has 2 heteroatoms. The molecule has 0 fully saturated rings. The van der Waals surface area contributed by atoms with Gasteiger partial charge < -0.3 is 0 Å². The summed E-state index contributed by atoms with van der Waals surface area (Å²) in [6.07, 6.45) is 0. The molecule has 0 amide bonds. The topological polar surface area (TPSA) is 0 Å². The summed E-state index contributed by atoms with van der Waals surface area (Å²) >= 11 is 5.37. The van der Waals surface area contributed by atoms with Crippen molar-refractivity contribution >= 4 is 21.8 Å². The number of hydrogen-bond acceptors (Lipinski definition) is 0. The molecule has 0 nitrogen and oxygen atoms in total. The number of halogens is 1. The van der Waals surface area contributed by atoms with Crippen molar-refractivity contribution in [3.8, 4) is 0 Å². The molecule has 0 aromatic rings. The van der Waals surface area contributed by atoms with Crippen molar-refractivity contribution in [1.82, 2.24) is 0 Å². The van der Waals surface area contributed by atoms with Crippen LogP contribution in [0.4, 0.5) is 0 Å². The van der Waals surface area contributed by atoms with Gasteiger partial charge in [0.15, 0.2) is 0 Å². The van der Waals surface area contributed by atoms with E-state index in [0.717, 1.165) is 11.4 Å². The average Bonchev–Trinajstić information content (AvgIpc) is 1.38. The van der Waals surface area contributed by atoms with Gasteiger partial charge in [-0.15, -0.1) is 11.6 Å². The average molecular weight is 109 g/mol. The summed E-state index contributed by atoms with van der Waals surface area (Å²) in [6, 6.07) is 0. The zero-order valence-electron chi connectivity index (χ0n) is 3.66. The Bertz CT molecular complexity index is 20.9. The standard InChI is InChI=1S/C3H9ClSi/c1-3(5)2-4/h3H,2H2,1,5H3. The third-order valence-electron chi connectivity index (χ3n) is 0.309. The van der Waals surface area contributed by atoms with Gasteiger partial charge in [0.1, 0.15) is 0 Å². The maximum absolute atomic E-state index is 5.37. The Kier molecular flexibility index (Phi) is 3.01. The first-order valence-electron chi connectivity index (χ1n) is 1.83. The maximum atomic E-state index is 5.37. The SMILES string of the molecule is CC([SiH3])CCl. The van der Waals surface area contributed by atoms with Crippen molar-refractivity contribution in [2.75, 3.05) is 5.88 Å². The van der Waals surface area contributed by atoms with Crippen molar-refractivity contribution in [2.45, 2.75) is 12.5 Å². The molecular formula is C3H9ClSi. The Morgan fingerprint density at radius 1 is 2.00 bits per heavy atom. The summed E-state index contributed by atoms with van der Waals surface area (Å²) in [4.78, 5) is 0. The highest BCUT2D eigenvalue weighted by Crippen LogP contribution is 1.94. The first kappa shape index (κ1) is 5.51. The Morgan fingerprint density at radius 2 is 2.20 bits per heavy atom. The summed E-state index contributed by atoms with van der Waals surface area (Å²) in [5.41, 5.74) is 0.789. The predicted octanol–water partition coefficient (Wildman–Crippen LogP) is 0.399. The van der Waals surface area contributed by atoms with Crippen molar-refractivity contribution in [2.24, 2.45) is 0 Å². The van der Waals surface area contributed by atoms with Crippen LogP contribution in [0.5, 0.6) is 0 Å². The van der Waals surface area contributed by atoms with E-state index in [1.165, 1.54) is 10.2 Å². The fourth-order valence-corrected chi connectivity index (χ4v) is 0. The second-order valence-corrected chi connectivity index (χ2v) is 3.83. The van der Waals surface area contributed by atoms with Crippen molar-refractivity contribution in [1.29, 1.82) is 0 Å². The summed E-state index contributed by atoms with van der Waals surface area (Å²) in [6.45, 7) is 2.15. The highest BCUT2D eigenvalue weighted by atomic mass is 35.5. The third-order valence-corrected chi connectivity index (χ3v) is 1.85. The van der Waals surface area contributed by atoms with E-state index in [2.05, 4.69) is 6.92 Å². The summed E-state index contributed by atoms with van der Waals surface area (Å²) < 4.78 is 0. The highest BCUT2D eigenvalue weighted by Gasteiger charge is 1.82. The Balaban J connectivity index is 2.54. The second-order valence-electron chi connectivity index (χ2n) is 1.55. The first-order chi connectivity index (χ1) is 2.27. The van der Waals surface area contributed by atoms with Crippen LogP contribution in [-0.2, 0) is 0 Å². The highest BCUT2D eigenvalue weighted by molar-refractivity contribution is 6.23. The Morgan fingerprint density at radius 3 is 2.20 bits per heavy atom. The number of alkyl halides is 1. The molecule has 1 atom stereocenters. The van der Waals surface area contributed by atoms with Gasteiger partial charge in [0.25, 0.3) is 0 Å². The Hall–Kier alpha value is 0.507. The predicted molar refractivity (Wildman–Crippen MR) is 30.1 cm³/mol. The molecule has 0 N–H and O–H groups in total.